The number of esters is 1. The van der Waals surface area contributed by atoms with Gasteiger partial charge < -0.3 is 4.74 Å². The number of hydrogen-bond donors (Lipinski definition) is 2. The molecule has 2 N–H and O–H groups in total. The lowest BCUT2D eigenvalue weighted by molar-refractivity contribution is -0.140. The van der Waals surface area contributed by atoms with Crippen LogP contribution in [0, 0.1) is 0 Å². The molecule has 2 aromatic rings. The van der Waals surface area contributed by atoms with Gasteiger partial charge in [-0.3, -0.25) is 20.4 Å². The minimum atomic E-state index is -0.346. The van der Waals surface area contributed by atoms with Crippen LogP contribution in [0.25, 0.3) is 0 Å². The third kappa shape index (κ3) is 6.57. The Morgan fingerprint density at radius 2 is 1.85 bits per heavy atom. The number of Topliss-reactive ketones (excluding diaryl/α,β-unsaturated/α-hetero) is 1. The highest BCUT2D eigenvalue weighted by Gasteiger charge is 2.13. The first-order valence-corrected chi connectivity index (χ1v) is 8.47. The molecule has 0 unspecified atom stereocenters. The first-order valence-electron chi connectivity index (χ1n) is 8.10. The van der Waals surface area contributed by atoms with Crippen LogP contribution in [0.4, 0.5) is 11.4 Å². The van der Waals surface area contributed by atoms with Crippen molar-refractivity contribution in [2.75, 3.05) is 12.5 Å². The van der Waals surface area contributed by atoms with E-state index in [9.17, 15) is 9.59 Å². The summed E-state index contributed by atoms with van der Waals surface area (Å²) in [7, 11) is 1.32. The molecule has 0 spiro atoms. The zero-order valence-electron chi connectivity index (χ0n) is 14.4. The van der Waals surface area contributed by atoms with E-state index in [2.05, 4.69) is 20.6 Å². The number of benzene rings is 2. The Hall–Kier alpha value is -2.86. The van der Waals surface area contributed by atoms with Crippen LogP contribution in [0.3, 0.4) is 0 Å². The highest BCUT2D eigenvalue weighted by molar-refractivity contribution is 6.39. The number of nitrogens with zero attached hydrogens (tertiary/aromatic N) is 1. The topological polar surface area (TPSA) is 79.8 Å². The van der Waals surface area contributed by atoms with Crippen molar-refractivity contribution in [3.63, 3.8) is 0 Å². The molecule has 0 aromatic heterocycles. The molecule has 136 valence electrons. The summed E-state index contributed by atoms with van der Waals surface area (Å²) in [5, 5.41) is 0.528. The van der Waals surface area contributed by atoms with Gasteiger partial charge in [0.15, 0.2) is 11.6 Å². The van der Waals surface area contributed by atoms with E-state index in [-0.39, 0.29) is 30.4 Å². The summed E-state index contributed by atoms with van der Waals surface area (Å²) in [6.07, 6.45) is 0.726. The second-order valence-electron chi connectivity index (χ2n) is 5.41. The van der Waals surface area contributed by atoms with E-state index in [1.807, 2.05) is 30.3 Å². The Kier molecular flexibility index (Phi) is 7.64. The van der Waals surface area contributed by atoms with E-state index in [0.717, 1.165) is 5.69 Å². The van der Waals surface area contributed by atoms with Crippen LogP contribution in [-0.4, -0.2) is 24.7 Å². The number of carbonyl (C=O) groups excluding carboxylic acids is 2. The molecule has 0 radical (unpaired) electrons. The molecular formula is C19H20ClN3O3. The van der Waals surface area contributed by atoms with Crippen molar-refractivity contribution in [1.29, 1.82) is 0 Å². The standard InChI is InChI=1S/C19H20ClN3O3/c1-26-18(25)12-6-11-17(24)19(21-16-10-5-7-14(20)13-16)23-22-15-8-3-2-4-9-15/h2-5,7-10,13,22H,6,11-12H2,1H3,(H,21,23). The Labute approximate surface area is 157 Å². The van der Waals surface area contributed by atoms with Crippen LogP contribution < -0.4 is 10.9 Å². The molecule has 0 aliphatic carbocycles. The van der Waals surface area contributed by atoms with E-state index in [1.54, 1.807) is 24.3 Å². The van der Waals surface area contributed by atoms with Gasteiger partial charge in [0.05, 0.1) is 18.5 Å². The van der Waals surface area contributed by atoms with E-state index in [4.69, 9.17) is 11.6 Å². The van der Waals surface area contributed by atoms with Gasteiger partial charge in [-0.15, -0.1) is 0 Å². The molecule has 7 heteroatoms. The number of halogens is 1. The molecule has 2 rings (SSSR count). The average molecular weight is 374 g/mol. The summed E-state index contributed by atoms with van der Waals surface area (Å²) in [5.41, 5.74) is 7.13. The minimum absolute atomic E-state index is 0.140. The maximum absolute atomic E-state index is 12.5. The minimum Gasteiger partial charge on any atom is -0.469 e. The monoisotopic (exact) mass is 373 g/mol. The van der Waals surface area contributed by atoms with Gasteiger partial charge in [0, 0.05) is 17.9 Å². The van der Waals surface area contributed by atoms with Crippen molar-refractivity contribution in [3.8, 4) is 0 Å². The first-order chi connectivity index (χ1) is 12.6. The Morgan fingerprint density at radius 1 is 1.08 bits per heavy atom. The molecule has 2 aromatic carbocycles. The number of methoxy groups -OCH3 is 1. The Balaban J connectivity index is 2.09. The number of aliphatic imine (C=N–C) groups is 1. The van der Waals surface area contributed by atoms with Gasteiger partial charge in [-0.2, -0.15) is 0 Å². The van der Waals surface area contributed by atoms with Gasteiger partial charge in [-0.05, 0) is 36.8 Å². The third-order valence-corrected chi connectivity index (χ3v) is 3.66. The van der Waals surface area contributed by atoms with Gasteiger partial charge in [0.1, 0.15) is 0 Å². The van der Waals surface area contributed by atoms with Crippen LogP contribution in [-0.2, 0) is 14.3 Å². The van der Waals surface area contributed by atoms with Gasteiger partial charge in [-0.1, -0.05) is 35.9 Å². The van der Waals surface area contributed by atoms with Crippen molar-refractivity contribution in [2.45, 2.75) is 19.3 Å². The molecule has 0 atom stereocenters. The predicted octanol–water partition coefficient (Wildman–Crippen LogP) is 3.90. The van der Waals surface area contributed by atoms with Crippen LogP contribution in [0.1, 0.15) is 19.3 Å². The normalized spacial score (nSPS) is 10.9. The van der Waals surface area contributed by atoms with Crippen molar-refractivity contribution in [3.05, 3.63) is 59.6 Å². The second kappa shape index (κ2) is 10.2. The Bertz CT molecular complexity index is 779. The molecule has 0 heterocycles. The number of amidine groups is 1. The lowest BCUT2D eigenvalue weighted by atomic mass is 10.1. The zero-order valence-corrected chi connectivity index (χ0v) is 15.1. The summed E-state index contributed by atoms with van der Waals surface area (Å²) in [4.78, 5) is 28.0. The highest BCUT2D eigenvalue weighted by atomic mass is 35.5. The predicted molar refractivity (Wildman–Crippen MR) is 103 cm³/mol. The smallest absolute Gasteiger partial charge is 0.305 e. The van der Waals surface area contributed by atoms with Crippen LogP contribution in [0.5, 0.6) is 0 Å². The average Bonchev–Trinajstić information content (AvgIpc) is 2.65. The van der Waals surface area contributed by atoms with Crippen molar-refractivity contribution >= 4 is 40.6 Å². The van der Waals surface area contributed by atoms with Gasteiger partial charge in [0.25, 0.3) is 0 Å². The fourth-order valence-corrected chi connectivity index (χ4v) is 2.29. The number of nitrogens with one attached hydrogen (secondary N) is 2. The van der Waals surface area contributed by atoms with E-state index >= 15 is 0 Å². The van der Waals surface area contributed by atoms with Gasteiger partial charge in [0.2, 0.25) is 0 Å². The summed E-state index contributed by atoms with van der Waals surface area (Å²) in [5.74, 6) is -0.431. The zero-order chi connectivity index (χ0) is 18.8. The van der Waals surface area contributed by atoms with Gasteiger partial charge >= 0.3 is 5.97 Å². The first kappa shape index (κ1) is 19.5. The Morgan fingerprint density at radius 3 is 2.54 bits per heavy atom. The lowest BCUT2D eigenvalue weighted by Gasteiger charge is -2.12. The van der Waals surface area contributed by atoms with E-state index in [1.165, 1.54) is 7.11 Å². The maximum Gasteiger partial charge on any atom is 0.305 e. The van der Waals surface area contributed by atoms with Crippen LogP contribution in [0.15, 0.2) is 59.6 Å². The number of ketones is 1. The quantitative estimate of drug-likeness (QED) is 0.317. The van der Waals surface area contributed by atoms with Crippen molar-refractivity contribution in [1.82, 2.24) is 5.43 Å². The molecule has 0 saturated heterocycles. The number of anilines is 1. The van der Waals surface area contributed by atoms with E-state index in [0.29, 0.717) is 17.1 Å². The molecule has 0 amide bonds. The number of rotatable bonds is 8. The maximum atomic E-state index is 12.5. The van der Waals surface area contributed by atoms with Gasteiger partial charge in [-0.25, -0.2) is 4.99 Å². The third-order valence-electron chi connectivity index (χ3n) is 3.42. The molecule has 26 heavy (non-hydrogen) atoms. The fourth-order valence-electron chi connectivity index (χ4n) is 2.10. The summed E-state index contributed by atoms with van der Waals surface area (Å²) < 4.78 is 4.58. The largest absolute Gasteiger partial charge is 0.469 e. The van der Waals surface area contributed by atoms with Crippen LogP contribution in [0.2, 0.25) is 5.02 Å². The SMILES string of the molecule is COC(=O)CCCC(=O)C(=Nc1cccc(Cl)c1)NNc1ccccc1. The molecular weight excluding hydrogens is 354 g/mol. The summed E-state index contributed by atoms with van der Waals surface area (Å²) in [6, 6.07) is 16.2. The van der Waals surface area contributed by atoms with Crippen molar-refractivity contribution in [2.24, 2.45) is 4.99 Å². The molecule has 6 nitrogen and oxygen atoms in total. The van der Waals surface area contributed by atoms with Crippen molar-refractivity contribution < 1.29 is 14.3 Å². The number of hydrazine groups is 1. The second-order valence-corrected chi connectivity index (χ2v) is 5.85. The number of para-hydroxylation sites is 1. The molecule has 0 saturated carbocycles. The molecule has 0 aliphatic rings. The summed E-state index contributed by atoms with van der Waals surface area (Å²) >= 11 is 5.97. The summed E-state index contributed by atoms with van der Waals surface area (Å²) in [6.45, 7) is 0. The molecule has 0 bridgehead atoms. The fraction of sp³-hybridized carbons (Fsp3) is 0.211. The van der Waals surface area contributed by atoms with Crippen LogP contribution >= 0.6 is 11.6 Å². The lowest BCUT2D eigenvalue weighted by Crippen LogP contribution is -2.35. The molecule has 0 aliphatic heterocycles. The number of ether oxygens (including phenoxy) is 1. The number of carbonyl (C=O) groups is 2. The van der Waals surface area contributed by atoms with E-state index < -0.39 is 0 Å². The highest BCUT2D eigenvalue weighted by Crippen LogP contribution is 2.18. The number of hydrogen-bond acceptors (Lipinski definition) is 5. The molecule has 0 fully saturated rings.